The fraction of sp³-hybridized carbons (Fsp3) is 0.538. The molecule has 2 atom stereocenters. The maximum absolute atomic E-state index is 11.7. The van der Waals surface area contributed by atoms with Crippen LogP contribution in [0.1, 0.15) is 57.2 Å². The summed E-state index contributed by atoms with van der Waals surface area (Å²) in [4.78, 5) is 25.6. The van der Waals surface area contributed by atoms with Crippen molar-refractivity contribution in [1.29, 1.82) is 5.26 Å². The largest absolute Gasteiger partial charge is 0.475 e. The summed E-state index contributed by atoms with van der Waals surface area (Å²) in [6.45, 7) is 10.8. The minimum Gasteiger partial charge on any atom is -0.475 e. The molecule has 0 bridgehead atoms. The van der Waals surface area contributed by atoms with Crippen molar-refractivity contribution >= 4 is 12.0 Å². The van der Waals surface area contributed by atoms with Crippen LogP contribution in [-0.2, 0) is 11.2 Å². The van der Waals surface area contributed by atoms with E-state index in [0.29, 0.717) is 17.4 Å². The van der Waals surface area contributed by atoms with Crippen molar-refractivity contribution in [2.45, 2.75) is 58.7 Å². The molecular formula is C26H37N7O2. The van der Waals surface area contributed by atoms with E-state index in [9.17, 15) is 4.79 Å². The minimum atomic E-state index is 0.0943. The van der Waals surface area contributed by atoms with Crippen molar-refractivity contribution in [1.82, 2.24) is 24.4 Å². The lowest BCUT2D eigenvalue weighted by molar-refractivity contribution is -0.104. The molecule has 0 N–H and O–H groups in total. The zero-order valence-corrected chi connectivity index (χ0v) is 21.7. The van der Waals surface area contributed by atoms with Gasteiger partial charge in [0.25, 0.3) is 0 Å². The van der Waals surface area contributed by atoms with Crippen molar-refractivity contribution in [2.75, 3.05) is 38.7 Å². The highest BCUT2D eigenvalue weighted by molar-refractivity contribution is 5.79. The summed E-state index contributed by atoms with van der Waals surface area (Å²) in [5.41, 5.74) is 2.62. The molecule has 0 aliphatic carbocycles. The smallest absolute Gasteiger partial charge is 0.213 e. The maximum Gasteiger partial charge on any atom is 0.213 e. The van der Waals surface area contributed by atoms with Crippen LogP contribution in [0.2, 0.25) is 0 Å². The van der Waals surface area contributed by atoms with E-state index in [4.69, 9.17) is 15.0 Å². The third kappa shape index (κ3) is 6.20. The molecule has 0 spiro atoms. The van der Waals surface area contributed by atoms with E-state index in [1.165, 1.54) is 0 Å². The highest BCUT2D eigenvalue weighted by Crippen LogP contribution is 2.30. The van der Waals surface area contributed by atoms with Crippen molar-refractivity contribution in [3.63, 3.8) is 0 Å². The van der Waals surface area contributed by atoms with Crippen molar-refractivity contribution in [3.05, 3.63) is 47.7 Å². The third-order valence-electron chi connectivity index (χ3n) is 6.32. The van der Waals surface area contributed by atoms with E-state index in [1.807, 2.05) is 56.1 Å². The number of carbonyl (C=O) groups is 1. The van der Waals surface area contributed by atoms with Gasteiger partial charge in [-0.2, -0.15) is 5.26 Å². The molecule has 2 aromatic heterocycles. The summed E-state index contributed by atoms with van der Waals surface area (Å²) in [7, 11) is 3.84. The number of allylic oxidation sites excluding steroid dienone is 1. The molecule has 0 radical (unpaired) electrons. The second-order valence-electron chi connectivity index (χ2n) is 9.29. The monoisotopic (exact) mass is 479 g/mol. The first-order valence-corrected chi connectivity index (χ1v) is 12.2. The standard InChI is InChI=1S/C26H37N7O2/c1-7-23-18-31(20(4)21-8-9-25(28-16-21)35-19(2)3)13-14-32(23)24(11-15-34)26-29-22(10-12-27)17-33(26)30(5)6/h8-9,11,15-17,19-20,23H,7,10,13-14,18H2,1-6H3/b24-11+. The van der Waals surface area contributed by atoms with Gasteiger partial charge in [0.05, 0.1) is 36.2 Å². The predicted octanol–water partition coefficient (Wildman–Crippen LogP) is 3.03. The Bertz CT molecular complexity index is 1050. The van der Waals surface area contributed by atoms with Crippen molar-refractivity contribution in [2.24, 2.45) is 0 Å². The first kappa shape index (κ1) is 26.2. The number of nitrogens with zero attached hydrogens (tertiary/aromatic N) is 7. The normalized spacial score (nSPS) is 17.8. The molecule has 0 aromatic carbocycles. The van der Waals surface area contributed by atoms with E-state index in [2.05, 4.69) is 40.8 Å². The fourth-order valence-electron chi connectivity index (χ4n) is 4.49. The van der Waals surface area contributed by atoms with Gasteiger partial charge in [-0.3, -0.25) is 9.69 Å². The molecule has 2 unspecified atom stereocenters. The second-order valence-corrected chi connectivity index (χ2v) is 9.29. The molecule has 1 saturated heterocycles. The number of hydrogen-bond donors (Lipinski definition) is 0. The molecule has 1 fully saturated rings. The number of aldehydes is 1. The van der Waals surface area contributed by atoms with Gasteiger partial charge in [0, 0.05) is 64.2 Å². The zero-order valence-electron chi connectivity index (χ0n) is 21.7. The third-order valence-corrected chi connectivity index (χ3v) is 6.32. The van der Waals surface area contributed by atoms with Gasteiger partial charge in [-0.25, -0.2) is 14.6 Å². The molecule has 3 rings (SSSR count). The van der Waals surface area contributed by atoms with Gasteiger partial charge in [-0.05, 0) is 32.8 Å². The molecule has 2 aromatic rings. The highest BCUT2D eigenvalue weighted by atomic mass is 16.5. The Hall–Kier alpha value is -3.38. The van der Waals surface area contributed by atoms with E-state index in [-0.39, 0.29) is 24.6 Å². The Labute approximate surface area is 208 Å². The van der Waals surface area contributed by atoms with Crippen LogP contribution in [-0.4, -0.2) is 76.6 Å². The lowest BCUT2D eigenvalue weighted by atomic mass is 10.0. The Kier molecular flexibility index (Phi) is 8.88. The van der Waals surface area contributed by atoms with Crippen LogP contribution in [0.25, 0.3) is 5.70 Å². The summed E-state index contributed by atoms with van der Waals surface area (Å²) in [6, 6.07) is 6.60. The van der Waals surface area contributed by atoms with E-state index in [1.54, 1.807) is 6.08 Å². The molecule has 1 aliphatic rings. The van der Waals surface area contributed by atoms with E-state index >= 15 is 0 Å². The van der Waals surface area contributed by atoms with Gasteiger partial charge in [-0.15, -0.1) is 0 Å². The first-order chi connectivity index (χ1) is 16.8. The van der Waals surface area contributed by atoms with Gasteiger partial charge < -0.3 is 14.6 Å². The molecule has 188 valence electrons. The predicted molar refractivity (Wildman–Crippen MR) is 136 cm³/mol. The number of ether oxygens (including phenoxy) is 1. The van der Waals surface area contributed by atoms with Gasteiger partial charge in [0.1, 0.15) is 6.29 Å². The molecule has 9 nitrogen and oxygen atoms in total. The van der Waals surface area contributed by atoms with Gasteiger partial charge in [-0.1, -0.05) is 13.0 Å². The summed E-state index contributed by atoms with van der Waals surface area (Å²) in [6.07, 6.45) is 7.41. The average Bonchev–Trinajstić information content (AvgIpc) is 3.26. The Morgan fingerprint density at radius 1 is 1.31 bits per heavy atom. The van der Waals surface area contributed by atoms with Crippen LogP contribution in [0, 0.1) is 11.3 Å². The van der Waals surface area contributed by atoms with Crippen LogP contribution in [0.4, 0.5) is 0 Å². The van der Waals surface area contributed by atoms with Crippen molar-refractivity contribution in [3.8, 4) is 11.9 Å². The number of pyridine rings is 1. The molecule has 0 amide bonds. The molecule has 35 heavy (non-hydrogen) atoms. The van der Waals surface area contributed by atoms with Gasteiger partial charge in [0.15, 0.2) is 5.82 Å². The number of carbonyl (C=O) groups excluding carboxylic acids is 1. The maximum atomic E-state index is 11.7. The Morgan fingerprint density at radius 3 is 2.66 bits per heavy atom. The lowest BCUT2D eigenvalue weighted by Gasteiger charge is -2.45. The Morgan fingerprint density at radius 2 is 2.09 bits per heavy atom. The highest BCUT2D eigenvalue weighted by Gasteiger charge is 2.32. The molecular weight excluding hydrogens is 442 g/mol. The average molecular weight is 480 g/mol. The minimum absolute atomic E-state index is 0.0943. The van der Waals surface area contributed by atoms with Crippen LogP contribution in [0.3, 0.4) is 0 Å². The molecule has 1 aliphatic heterocycles. The Balaban J connectivity index is 1.82. The van der Waals surface area contributed by atoms with Gasteiger partial charge >= 0.3 is 0 Å². The molecule has 3 heterocycles. The molecule has 0 saturated carbocycles. The number of aromatic nitrogens is 3. The number of nitriles is 1. The lowest BCUT2D eigenvalue weighted by Crippen LogP contribution is -2.52. The number of hydrogen-bond acceptors (Lipinski definition) is 8. The quantitative estimate of drug-likeness (QED) is 0.379. The number of piperazine rings is 1. The summed E-state index contributed by atoms with van der Waals surface area (Å²) >= 11 is 0. The van der Waals surface area contributed by atoms with E-state index < -0.39 is 0 Å². The fourth-order valence-corrected chi connectivity index (χ4v) is 4.49. The summed E-state index contributed by atoms with van der Waals surface area (Å²) in [5.74, 6) is 1.32. The SMILES string of the molecule is CCC1CN(C(C)c2ccc(OC(C)C)nc2)CCN1/C(=C/C=O)c1nc(CC#N)cn1N(C)C. The molecule has 9 heteroatoms. The van der Waals surface area contributed by atoms with Crippen LogP contribution in [0.15, 0.2) is 30.6 Å². The number of imidazole rings is 1. The zero-order chi connectivity index (χ0) is 25.5. The summed E-state index contributed by atoms with van der Waals surface area (Å²) in [5, 5.41) is 11.1. The van der Waals surface area contributed by atoms with Crippen molar-refractivity contribution < 1.29 is 9.53 Å². The first-order valence-electron chi connectivity index (χ1n) is 12.2. The second kappa shape index (κ2) is 11.8. The van der Waals surface area contributed by atoms with Crippen LogP contribution in [0.5, 0.6) is 5.88 Å². The summed E-state index contributed by atoms with van der Waals surface area (Å²) < 4.78 is 7.58. The number of rotatable bonds is 10. The van der Waals surface area contributed by atoms with E-state index in [0.717, 1.165) is 43.6 Å². The topological polar surface area (TPSA) is 90.5 Å². The van der Waals surface area contributed by atoms with Crippen LogP contribution >= 0.6 is 0 Å². The van der Waals surface area contributed by atoms with Gasteiger partial charge in [0.2, 0.25) is 5.88 Å². The van der Waals surface area contributed by atoms with Crippen LogP contribution < -0.4 is 9.75 Å².